The Hall–Kier alpha value is -1.39. The van der Waals surface area contributed by atoms with Crippen molar-refractivity contribution in [3.05, 3.63) is 11.9 Å². The third kappa shape index (κ3) is 2.85. The number of hydrogen-bond acceptors (Lipinski definition) is 3. The molecule has 0 fully saturated rings. The number of aromatic nitrogens is 3. The van der Waals surface area contributed by atoms with Gasteiger partial charge in [-0.2, -0.15) is 0 Å². The van der Waals surface area contributed by atoms with Crippen LogP contribution in [0, 0.1) is 0 Å². The van der Waals surface area contributed by atoms with Crippen molar-refractivity contribution in [2.45, 2.75) is 26.3 Å². The molecule has 0 atom stereocenters. The van der Waals surface area contributed by atoms with E-state index in [1.54, 1.807) is 13.2 Å². The predicted octanol–water partition coefficient (Wildman–Crippen LogP) is 0.343. The first kappa shape index (κ1) is 9.70. The van der Waals surface area contributed by atoms with E-state index in [-0.39, 0.29) is 11.4 Å². The van der Waals surface area contributed by atoms with Gasteiger partial charge in [-0.05, 0) is 20.8 Å². The van der Waals surface area contributed by atoms with Crippen LogP contribution >= 0.6 is 0 Å². The Morgan fingerprint density at radius 1 is 1.54 bits per heavy atom. The van der Waals surface area contributed by atoms with Crippen molar-refractivity contribution in [3.63, 3.8) is 0 Å². The van der Waals surface area contributed by atoms with Gasteiger partial charge in [0.05, 0.1) is 6.20 Å². The Morgan fingerprint density at radius 3 is 2.54 bits per heavy atom. The zero-order valence-corrected chi connectivity index (χ0v) is 8.33. The number of aryl methyl sites for hydroxylation is 1. The van der Waals surface area contributed by atoms with Gasteiger partial charge in [-0.25, -0.2) is 0 Å². The van der Waals surface area contributed by atoms with Crippen molar-refractivity contribution in [1.82, 2.24) is 20.3 Å². The maximum absolute atomic E-state index is 11.4. The molecular formula is C8H14N4O. The first-order chi connectivity index (χ1) is 5.88. The molecule has 0 unspecified atom stereocenters. The average molecular weight is 182 g/mol. The lowest BCUT2D eigenvalue weighted by Gasteiger charge is -2.19. The highest BCUT2D eigenvalue weighted by atomic mass is 16.2. The molecule has 0 aromatic carbocycles. The van der Waals surface area contributed by atoms with Crippen LogP contribution in [0.4, 0.5) is 0 Å². The van der Waals surface area contributed by atoms with E-state index in [0.29, 0.717) is 5.69 Å². The Bertz CT molecular complexity index is 310. The van der Waals surface area contributed by atoms with Gasteiger partial charge in [0.15, 0.2) is 5.69 Å². The number of nitrogens with one attached hydrogen (secondary N) is 1. The molecule has 0 saturated heterocycles. The molecule has 13 heavy (non-hydrogen) atoms. The second-order valence-electron chi connectivity index (χ2n) is 3.98. The van der Waals surface area contributed by atoms with Gasteiger partial charge in [0, 0.05) is 12.6 Å². The SMILES string of the molecule is Cn1cc(C(=O)NC(C)(C)C)nn1. The molecule has 5 nitrogen and oxygen atoms in total. The number of carbonyl (C=O) groups is 1. The highest BCUT2D eigenvalue weighted by molar-refractivity contribution is 5.92. The maximum atomic E-state index is 11.4. The van der Waals surface area contributed by atoms with E-state index in [0.717, 1.165) is 0 Å². The van der Waals surface area contributed by atoms with Gasteiger partial charge < -0.3 is 5.32 Å². The third-order valence-corrected chi connectivity index (χ3v) is 1.32. The zero-order chi connectivity index (χ0) is 10.1. The van der Waals surface area contributed by atoms with Crippen LogP contribution in [0.1, 0.15) is 31.3 Å². The van der Waals surface area contributed by atoms with E-state index in [1.165, 1.54) is 4.68 Å². The van der Waals surface area contributed by atoms with Crippen LogP contribution in [0.15, 0.2) is 6.20 Å². The van der Waals surface area contributed by atoms with E-state index < -0.39 is 0 Å². The molecule has 0 aliphatic heterocycles. The molecule has 0 saturated carbocycles. The van der Waals surface area contributed by atoms with Crippen LogP contribution in [-0.2, 0) is 7.05 Å². The molecular weight excluding hydrogens is 168 g/mol. The lowest BCUT2D eigenvalue weighted by Crippen LogP contribution is -2.40. The molecule has 0 aliphatic rings. The summed E-state index contributed by atoms with van der Waals surface area (Å²) in [5, 5.41) is 10.2. The molecule has 1 heterocycles. The number of nitrogens with zero attached hydrogens (tertiary/aromatic N) is 3. The Kier molecular flexibility index (Phi) is 2.36. The van der Waals surface area contributed by atoms with Crippen molar-refractivity contribution >= 4 is 5.91 Å². The number of carbonyl (C=O) groups excluding carboxylic acids is 1. The summed E-state index contributed by atoms with van der Waals surface area (Å²) in [6.45, 7) is 5.75. The molecule has 0 spiro atoms. The van der Waals surface area contributed by atoms with Crippen LogP contribution in [0.2, 0.25) is 0 Å². The first-order valence-corrected chi connectivity index (χ1v) is 4.07. The fourth-order valence-corrected chi connectivity index (χ4v) is 0.856. The molecule has 1 amide bonds. The molecule has 0 aliphatic carbocycles. The van der Waals surface area contributed by atoms with Crippen molar-refractivity contribution in [2.24, 2.45) is 7.05 Å². The van der Waals surface area contributed by atoms with Crippen LogP contribution < -0.4 is 5.32 Å². The van der Waals surface area contributed by atoms with Gasteiger partial charge in [0.1, 0.15) is 0 Å². The van der Waals surface area contributed by atoms with E-state index >= 15 is 0 Å². The summed E-state index contributed by atoms with van der Waals surface area (Å²) < 4.78 is 1.50. The van der Waals surface area contributed by atoms with Gasteiger partial charge in [-0.1, -0.05) is 5.21 Å². The summed E-state index contributed by atoms with van der Waals surface area (Å²) in [5.41, 5.74) is 0.103. The topological polar surface area (TPSA) is 59.8 Å². The fraction of sp³-hybridized carbons (Fsp3) is 0.625. The minimum Gasteiger partial charge on any atom is -0.346 e. The second-order valence-corrected chi connectivity index (χ2v) is 3.98. The van der Waals surface area contributed by atoms with E-state index in [1.807, 2.05) is 20.8 Å². The third-order valence-electron chi connectivity index (χ3n) is 1.32. The minimum absolute atomic E-state index is 0.194. The molecule has 1 N–H and O–H groups in total. The monoisotopic (exact) mass is 182 g/mol. The molecule has 72 valence electrons. The summed E-state index contributed by atoms with van der Waals surface area (Å²) in [6.07, 6.45) is 1.58. The Balaban J connectivity index is 2.70. The van der Waals surface area contributed by atoms with Crippen LogP contribution in [0.3, 0.4) is 0 Å². The molecule has 0 bridgehead atoms. The highest BCUT2D eigenvalue weighted by Gasteiger charge is 2.17. The quantitative estimate of drug-likeness (QED) is 0.681. The van der Waals surface area contributed by atoms with Gasteiger partial charge in [0.2, 0.25) is 0 Å². The summed E-state index contributed by atoms with van der Waals surface area (Å²) in [4.78, 5) is 11.4. The zero-order valence-electron chi connectivity index (χ0n) is 8.33. The first-order valence-electron chi connectivity index (χ1n) is 4.07. The fourth-order valence-electron chi connectivity index (χ4n) is 0.856. The van der Waals surface area contributed by atoms with E-state index in [2.05, 4.69) is 15.6 Å². The van der Waals surface area contributed by atoms with Gasteiger partial charge in [0.25, 0.3) is 5.91 Å². The van der Waals surface area contributed by atoms with Crippen LogP contribution in [0.25, 0.3) is 0 Å². The Labute approximate surface area is 77.1 Å². The number of rotatable bonds is 1. The molecule has 5 heteroatoms. The summed E-state index contributed by atoms with van der Waals surface area (Å²) in [5.74, 6) is -0.194. The van der Waals surface area contributed by atoms with Crippen molar-refractivity contribution < 1.29 is 4.79 Å². The van der Waals surface area contributed by atoms with Crippen LogP contribution in [-0.4, -0.2) is 26.4 Å². The average Bonchev–Trinajstić information content (AvgIpc) is 2.31. The number of hydrogen-bond donors (Lipinski definition) is 1. The standard InChI is InChI=1S/C8H14N4O/c1-8(2,3)9-7(13)6-5-12(4)11-10-6/h5H,1-4H3,(H,9,13). The molecule has 1 aromatic rings. The Morgan fingerprint density at radius 2 is 2.15 bits per heavy atom. The molecule has 1 aromatic heterocycles. The van der Waals surface area contributed by atoms with Crippen molar-refractivity contribution in [2.75, 3.05) is 0 Å². The summed E-state index contributed by atoms with van der Waals surface area (Å²) in [6, 6.07) is 0. The van der Waals surface area contributed by atoms with Crippen molar-refractivity contribution in [1.29, 1.82) is 0 Å². The molecule has 0 radical (unpaired) electrons. The normalized spacial score (nSPS) is 11.4. The van der Waals surface area contributed by atoms with E-state index in [9.17, 15) is 4.79 Å². The van der Waals surface area contributed by atoms with Gasteiger partial charge in [-0.15, -0.1) is 5.10 Å². The van der Waals surface area contributed by atoms with Crippen molar-refractivity contribution in [3.8, 4) is 0 Å². The van der Waals surface area contributed by atoms with Gasteiger partial charge in [-0.3, -0.25) is 9.48 Å². The van der Waals surface area contributed by atoms with E-state index in [4.69, 9.17) is 0 Å². The number of amides is 1. The lowest BCUT2D eigenvalue weighted by molar-refractivity contribution is 0.0914. The predicted molar refractivity (Wildman–Crippen MR) is 48.2 cm³/mol. The van der Waals surface area contributed by atoms with Crippen LogP contribution in [0.5, 0.6) is 0 Å². The maximum Gasteiger partial charge on any atom is 0.273 e. The minimum atomic E-state index is -0.241. The van der Waals surface area contributed by atoms with Gasteiger partial charge >= 0.3 is 0 Å². The second kappa shape index (κ2) is 3.16. The summed E-state index contributed by atoms with van der Waals surface area (Å²) in [7, 11) is 1.72. The lowest BCUT2D eigenvalue weighted by atomic mass is 10.1. The highest BCUT2D eigenvalue weighted by Crippen LogP contribution is 2.01. The largest absolute Gasteiger partial charge is 0.346 e. The summed E-state index contributed by atoms with van der Waals surface area (Å²) >= 11 is 0. The smallest absolute Gasteiger partial charge is 0.273 e. The molecule has 1 rings (SSSR count).